The predicted octanol–water partition coefficient (Wildman–Crippen LogP) is -8.97. The van der Waals surface area contributed by atoms with Crippen molar-refractivity contribution in [3.63, 3.8) is 0 Å². The molecule has 0 aliphatic rings. The second-order valence-electron chi connectivity index (χ2n) is 5.61. The van der Waals surface area contributed by atoms with E-state index in [1.54, 1.807) is 0 Å². The molecule has 0 atom stereocenters. The van der Waals surface area contributed by atoms with E-state index in [1.807, 2.05) is 0 Å². The van der Waals surface area contributed by atoms with Crippen molar-refractivity contribution in [1.29, 1.82) is 0 Å². The van der Waals surface area contributed by atoms with Gasteiger partial charge in [-0.1, -0.05) is 0 Å². The molecule has 0 bridgehead atoms. The summed E-state index contributed by atoms with van der Waals surface area (Å²) in [6.07, 6.45) is 1.28. The molecule has 0 N–H and O–H groups in total. The number of benzene rings is 2. The summed E-state index contributed by atoms with van der Waals surface area (Å²) < 4.78 is 99.6. The second-order valence-corrected chi connectivity index (χ2v) is 9.71. The van der Waals surface area contributed by atoms with Gasteiger partial charge in [-0.3, -0.25) is 9.59 Å². The van der Waals surface area contributed by atoms with Crippen molar-refractivity contribution in [2.45, 2.75) is 14.7 Å². The molecule has 0 amide bonds. The van der Waals surface area contributed by atoms with E-state index in [0.717, 1.165) is 24.3 Å². The van der Waals surface area contributed by atoms with E-state index in [1.165, 1.54) is 0 Å². The normalized spacial score (nSPS) is 11.6. The predicted molar refractivity (Wildman–Crippen MR) is 94.6 cm³/mol. The van der Waals surface area contributed by atoms with Gasteiger partial charge in [-0.2, -0.15) is 0 Å². The first-order valence-electron chi connectivity index (χ1n) is 7.49. The van der Waals surface area contributed by atoms with Crippen molar-refractivity contribution in [3.8, 4) is 0 Å². The van der Waals surface area contributed by atoms with Crippen LogP contribution in [0, 0.1) is 0 Å². The van der Waals surface area contributed by atoms with Crippen molar-refractivity contribution in [2.24, 2.45) is 0 Å². The molecule has 0 fully saturated rings. The van der Waals surface area contributed by atoms with Gasteiger partial charge in [0.1, 0.15) is 30.4 Å². The van der Waals surface area contributed by atoms with Crippen LogP contribution in [0.15, 0.2) is 69.3 Å². The zero-order chi connectivity index (χ0) is 22.9. The third-order valence-electron chi connectivity index (χ3n) is 3.59. The molecule has 0 aromatic heterocycles. The summed E-state index contributed by atoms with van der Waals surface area (Å²) in [6, 6.07) is 5.26. The minimum Gasteiger partial charge on any atom is -0.744 e. The minimum absolute atomic E-state index is 0. The van der Waals surface area contributed by atoms with Crippen LogP contribution < -0.4 is 88.7 Å². The number of hydrogen-bond donors (Lipinski definition) is 0. The van der Waals surface area contributed by atoms with E-state index in [9.17, 15) is 48.5 Å². The molecule has 33 heavy (non-hydrogen) atoms. The number of rotatable bonds is 7. The Labute approximate surface area is 256 Å². The number of carbonyl (C=O) groups is 2. The molecule has 11 nitrogen and oxygen atoms in total. The Kier molecular flexibility index (Phi) is 14.5. The van der Waals surface area contributed by atoms with Gasteiger partial charge in [0.15, 0.2) is 11.6 Å². The maximum absolute atomic E-state index is 12.2. The summed E-state index contributed by atoms with van der Waals surface area (Å²) in [4.78, 5) is 21.4. The van der Waals surface area contributed by atoms with Crippen molar-refractivity contribution in [3.05, 3.63) is 65.7 Å². The Morgan fingerprint density at radius 2 is 1.03 bits per heavy atom. The van der Waals surface area contributed by atoms with Crippen molar-refractivity contribution >= 4 is 41.9 Å². The molecule has 0 aliphatic carbocycles. The van der Waals surface area contributed by atoms with Gasteiger partial charge < -0.3 is 13.7 Å². The molecular weight excluding hydrogens is 533 g/mol. The average Bonchev–Trinajstić information content (AvgIpc) is 2.63. The number of carbonyl (C=O) groups excluding carboxylic acids is 2. The van der Waals surface area contributed by atoms with E-state index in [2.05, 4.69) is 0 Å². The van der Waals surface area contributed by atoms with Crippen molar-refractivity contribution in [1.82, 2.24) is 0 Å². The molecule has 0 saturated heterocycles. The summed E-state index contributed by atoms with van der Waals surface area (Å²) >= 11 is 0. The Bertz CT molecular complexity index is 1380. The van der Waals surface area contributed by atoms with Gasteiger partial charge in [0.05, 0.1) is 14.7 Å². The number of allylic oxidation sites excluding steroid dienone is 2. The molecule has 0 saturated carbocycles. The van der Waals surface area contributed by atoms with Crippen LogP contribution in [-0.2, 0) is 30.4 Å². The standard InChI is InChI=1S/C16H12O11S3.3Na/c17-14(10-1-3-11(4-2-10)28(19,20)21)7-8-15(18)13-6-5-12(29(22,23)24)9-16(13)30(25,26)27;;;/h1-9H,(H,19,20,21)(H,22,23,24)(H,25,26,27);;;/q;3*+1/p-3. The molecule has 0 heterocycles. The van der Waals surface area contributed by atoms with Gasteiger partial charge in [0, 0.05) is 11.1 Å². The summed E-state index contributed by atoms with van der Waals surface area (Å²) in [5.41, 5.74) is -0.884. The first kappa shape index (κ1) is 35.4. The molecule has 0 spiro atoms. The fraction of sp³-hybridized carbons (Fsp3) is 0. The number of hydrogen-bond acceptors (Lipinski definition) is 11. The van der Waals surface area contributed by atoms with E-state index >= 15 is 0 Å². The van der Waals surface area contributed by atoms with E-state index in [-0.39, 0.29) is 100 Å². The summed E-state index contributed by atoms with van der Waals surface area (Å²) in [6.45, 7) is 0. The zero-order valence-corrected chi connectivity index (χ0v) is 25.9. The van der Waals surface area contributed by atoms with Crippen LogP contribution in [0.5, 0.6) is 0 Å². The molecule has 2 aromatic carbocycles. The third kappa shape index (κ3) is 10.0. The van der Waals surface area contributed by atoms with Crippen LogP contribution in [0.25, 0.3) is 0 Å². The van der Waals surface area contributed by atoms with Crippen molar-refractivity contribution < 1.29 is 137 Å². The first-order chi connectivity index (χ1) is 13.6. The van der Waals surface area contributed by atoms with E-state index in [4.69, 9.17) is 0 Å². The summed E-state index contributed by atoms with van der Waals surface area (Å²) in [7, 11) is -15.2. The van der Waals surface area contributed by atoms with E-state index < -0.39 is 62.2 Å². The van der Waals surface area contributed by atoms with Gasteiger partial charge in [-0.05, 0) is 54.6 Å². The summed E-state index contributed by atoms with van der Waals surface area (Å²) in [5.74, 6) is -1.99. The Morgan fingerprint density at radius 3 is 1.45 bits per heavy atom. The molecule has 2 rings (SSSR count). The smallest absolute Gasteiger partial charge is 0.744 e. The fourth-order valence-corrected chi connectivity index (χ4v) is 3.94. The largest absolute Gasteiger partial charge is 1.00 e. The van der Waals surface area contributed by atoms with Crippen LogP contribution in [0.3, 0.4) is 0 Å². The monoisotopic (exact) mass is 542 g/mol. The molecule has 0 radical (unpaired) electrons. The molecule has 17 heteroatoms. The number of ketones is 2. The Hall–Kier alpha value is 0.250. The Balaban J connectivity index is 0. The van der Waals surface area contributed by atoms with Crippen LogP contribution in [0.1, 0.15) is 20.7 Å². The second kappa shape index (κ2) is 13.5. The van der Waals surface area contributed by atoms with Crippen LogP contribution >= 0.6 is 0 Å². The third-order valence-corrected chi connectivity index (χ3v) is 6.15. The van der Waals surface area contributed by atoms with Crippen molar-refractivity contribution in [2.75, 3.05) is 0 Å². The first-order valence-corrected chi connectivity index (χ1v) is 11.7. The fourth-order valence-electron chi connectivity index (χ4n) is 2.19. The van der Waals surface area contributed by atoms with Crippen LogP contribution in [-0.4, -0.2) is 50.5 Å². The molecule has 0 unspecified atom stereocenters. The maximum Gasteiger partial charge on any atom is 1.00 e. The van der Waals surface area contributed by atoms with Gasteiger partial charge in [-0.25, -0.2) is 25.3 Å². The SMILES string of the molecule is O=C(C=CC(=O)c1ccc(S(=O)(=O)[O-])cc1S(=O)(=O)[O-])c1ccc(S(=O)(=O)[O-])cc1.[Na+].[Na+].[Na+]. The van der Waals surface area contributed by atoms with Crippen LogP contribution in [0.2, 0.25) is 0 Å². The zero-order valence-electron chi connectivity index (χ0n) is 17.4. The topological polar surface area (TPSA) is 206 Å². The Morgan fingerprint density at radius 1 is 0.606 bits per heavy atom. The van der Waals surface area contributed by atoms with Gasteiger partial charge in [0.25, 0.3) is 0 Å². The minimum atomic E-state index is -5.35. The summed E-state index contributed by atoms with van der Waals surface area (Å²) in [5, 5.41) is 0. The van der Waals surface area contributed by atoms with Gasteiger partial charge in [-0.15, -0.1) is 0 Å². The average molecular weight is 542 g/mol. The van der Waals surface area contributed by atoms with Gasteiger partial charge >= 0.3 is 88.7 Å². The molecule has 2 aromatic rings. The van der Waals surface area contributed by atoms with E-state index in [0.29, 0.717) is 24.3 Å². The maximum atomic E-state index is 12.2. The molecular formula is C16H9Na3O11S3. The molecule has 160 valence electrons. The molecule has 0 aliphatic heterocycles. The van der Waals surface area contributed by atoms with Gasteiger partial charge in [0.2, 0.25) is 0 Å². The van der Waals surface area contributed by atoms with Crippen LogP contribution in [0.4, 0.5) is 0 Å². The quantitative estimate of drug-likeness (QED) is 0.139.